The summed E-state index contributed by atoms with van der Waals surface area (Å²) in [5.74, 6) is 1.71. The van der Waals surface area contributed by atoms with Gasteiger partial charge >= 0.3 is 0 Å². The van der Waals surface area contributed by atoms with Crippen molar-refractivity contribution in [3.63, 3.8) is 0 Å². The number of pyridine rings is 1. The van der Waals surface area contributed by atoms with Gasteiger partial charge in [-0.2, -0.15) is 0 Å². The van der Waals surface area contributed by atoms with E-state index in [0.29, 0.717) is 6.04 Å². The molecule has 1 aromatic rings. The van der Waals surface area contributed by atoms with E-state index in [9.17, 15) is 0 Å². The van der Waals surface area contributed by atoms with E-state index in [0.717, 1.165) is 11.8 Å². The Balaban J connectivity index is 2.08. The molecule has 2 rings (SSSR count). The standard InChI is InChI=1S/C15H24N2/c1-3-12-6-4-7-13(10-12)15(16-2)14-8-5-9-17-11-14/h5,8-9,11-13,15-16H,3-4,6-7,10H2,1-2H3. The zero-order valence-electron chi connectivity index (χ0n) is 11.0. The highest BCUT2D eigenvalue weighted by Gasteiger charge is 2.27. The Morgan fingerprint density at radius 2 is 2.35 bits per heavy atom. The second-order valence-corrected chi connectivity index (χ2v) is 5.25. The Bertz CT molecular complexity index is 323. The van der Waals surface area contributed by atoms with Gasteiger partial charge in [-0.25, -0.2) is 0 Å². The second kappa shape index (κ2) is 6.15. The van der Waals surface area contributed by atoms with Gasteiger partial charge in [-0.05, 0) is 43.4 Å². The zero-order valence-corrected chi connectivity index (χ0v) is 11.0. The topological polar surface area (TPSA) is 24.9 Å². The number of aromatic nitrogens is 1. The minimum atomic E-state index is 0.484. The van der Waals surface area contributed by atoms with Crippen molar-refractivity contribution in [1.29, 1.82) is 0 Å². The highest BCUT2D eigenvalue weighted by Crippen LogP contribution is 2.37. The molecule has 0 aliphatic heterocycles. The summed E-state index contributed by atoms with van der Waals surface area (Å²) in [7, 11) is 2.08. The molecule has 3 atom stereocenters. The van der Waals surface area contributed by atoms with Gasteiger partial charge in [-0.1, -0.05) is 32.3 Å². The first-order valence-electron chi connectivity index (χ1n) is 6.92. The predicted molar refractivity (Wildman–Crippen MR) is 71.8 cm³/mol. The fraction of sp³-hybridized carbons (Fsp3) is 0.667. The van der Waals surface area contributed by atoms with Gasteiger partial charge in [0.05, 0.1) is 0 Å². The van der Waals surface area contributed by atoms with Gasteiger partial charge in [-0.15, -0.1) is 0 Å². The van der Waals surface area contributed by atoms with E-state index in [1.54, 1.807) is 0 Å². The van der Waals surface area contributed by atoms with Crippen molar-refractivity contribution in [1.82, 2.24) is 10.3 Å². The minimum Gasteiger partial charge on any atom is -0.313 e. The molecule has 1 aliphatic carbocycles. The molecule has 0 radical (unpaired) electrons. The Labute approximate surface area is 105 Å². The number of rotatable bonds is 4. The van der Waals surface area contributed by atoms with Crippen LogP contribution in [0.4, 0.5) is 0 Å². The summed E-state index contributed by atoms with van der Waals surface area (Å²) in [6, 6.07) is 4.72. The van der Waals surface area contributed by atoms with E-state index < -0.39 is 0 Å². The Morgan fingerprint density at radius 3 is 3.00 bits per heavy atom. The quantitative estimate of drug-likeness (QED) is 0.858. The van der Waals surface area contributed by atoms with Crippen molar-refractivity contribution >= 4 is 0 Å². The summed E-state index contributed by atoms with van der Waals surface area (Å²) in [6.07, 6.45) is 10.7. The van der Waals surface area contributed by atoms with Crippen LogP contribution in [0.1, 0.15) is 50.6 Å². The maximum atomic E-state index is 4.25. The first-order valence-corrected chi connectivity index (χ1v) is 6.92. The van der Waals surface area contributed by atoms with Crippen molar-refractivity contribution in [2.75, 3.05) is 7.05 Å². The van der Waals surface area contributed by atoms with Crippen molar-refractivity contribution in [2.24, 2.45) is 11.8 Å². The summed E-state index contributed by atoms with van der Waals surface area (Å²) < 4.78 is 0. The molecular weight excluding hydrogens is 208 g/mol. The Morgan fingerprint density at radius 1 is 1.47 bits per heavy atom. The molecule has 2 heteroatoms. The van der Waals surface area contributed by atoms with Crippen LogP contribution < -0.4 is 5.32 Å². The summed E-state index contributed by atoms with van der Waals surface area (Å²) in [4.78, 5) is 4.25. The Hall–Kier alpha value is -0.890. The molecule has 1 aliphatic rings. The lowest BCUT2D eigenvalue weighted by atomic mass is 9.75. The number of hydrogen-bond donors (Lipinski definition) is 1. The van der Waals surface area contributed by atoms with E-state index in [-0.39, 0.29) is 0 Å². The van der Waals surface area contributed by atoms with Crippen LogP contribution in [0.15, 0.2) is 24.5 Å². The monoisotopic (exact) mass is 232 g/mol. The van der Waals surface area contributed by atoms with Crippen LogP contribution in [-0.2, 0) is 0 Å². The molecular formula is C15H24N2. The lowest BCUT2D eigenvalue weighted by molar-refractivity contribution is 0.214. The summed E-state index contributed by atoms with van der Waals surface area (Å²) in [5.41, 5.74) is 1.34. The number of nitrogens with one attached hydrogen (secondary N) is 1. The molecule has 0 saturated heterocycles. The number of hydrogen-bond acceptors (Lipinski definition) is 2. The van der Waals surface area contributed by atoms with Gasteiger partial charge in [0.2, 0.25) is 0 Å². The normalized spacial score (nSPS) is 26.7. The average molecular weight is 232 g/mol. The first kappa shape index (κ1) is 12.6. The molecule has 2 nitrogen and oxygen atoms in total. The average Bonchev–Trinajstić information content (AvgIpc) is 2.41. The largest absolute Gasteiger partial charge is 0.313 e. The van der Waals surface area contributed by atoms with Crippen LogP contribution in [0.3, 0.4) is 0 Å². The third-order valence-corrected chi connectivity index (χ3v) is 4.23. The van der Waals surface area contributed by atoms with Crippen LogP contribution in [0.5, 0.6) is 0 Å². The molecule has 0 spiro atoms. The SMILES string of the molecule is CCC1CCCC(C(NC)c2cccnc2)C1. The molecule has 1 fully saturated rings. The molecule has 0 amide bonds. The van der Waals surface area contributed by atoms with Crippen LogP contribution in [0.2, 0.25) is 0 Å². The third-order valence-electron chi connectivity index (χ3n) is 4.23. The van der Waals surface area contributed by atoms with Crippen molar-refractivity contribution in [3.05, 3.63) is 30.1 Å². The van der Waals surface area contributed by atoms with E-state index >= 15 is 0 Å². The minimum absolute atomic E-state index is 0.484. The molecule has 0 bridgehead atoms. The van der Waals surface area contributed by atoms with Crippen LogP contribution in [-0.4, -0.2) is 12.0 Å². The van der Waals surface area contributed by atoms with E-state index in [1.807, 2.05) is 18.5 Å². The fourth-order valence-corrected chi connectivity index (χ4v) is 3.24. The lowest BCUT2D eigenvalue weighted by Crippen LogP contribution is -2.29. The fourth-order valence-electron chi connectivity index (χ4n) is 3.24. The van der Waals surface area contributed by atoms with Crippen LogP contribution >= 0.6 is 0 Å². The van der Waals surface area contributed by atoms with E-state index in [2.05, 4.69) is 30.3 Å². The van der Waals surface area contributed by atoms with Crippen LogP contribution in [0, 0.1) is 11.8 Å². The third kappa shape index (κ3) is 3.06. The second-order valence-electron chi connectivity index (χ2n) is 5.25. The summed E-state index contributed by atoms with van der Waals surface area (Å²) in [5, 5.41) is 3.49. The molecule has 0 aromatic carbocycles. The van der Waals surface area contributed by atoms with E-state index in [1.165, 1.54) is 37.7 Å². The first-order chi connectivity index (χ1) is 8.35. The molecule has 17 heavy (non-hydrogen) atoms. The molecule has 1 aromatic heterocycles. The van der Waals surface area contributed by atoms with E-state index in [4.69, 9.17) is 0 Å². The maximum Gasteiger partial charge on any atom is 0.0361 e. The Kier molecular flexibility index (Phi) is 4.55. The molecule has 1 heterocycles. The highest BCUT2D eigenvalue weighted by atomic mass is 14.9. The van der Waals surface area contributed by atoms with Gasteiger partial charge in [0.25, 0.3) is 0 Å². The smallest absolute Gasteiger partial charge is 0.0361 e. The molecule has 1 N–H and O–H groups in total. The van der Waals surface area contributed by atoms with Gasteiger partial charge < -0.3 is 5.32 Å². The van der Waals surface area contributed by atoms with Gasteiger partial charge in [0.15, 0.2) is 0 Å². The van der Waals surface area contributed by atoms with Crippen LogP contribution in [0.25, 0.3) is 0 Å². The molecule has 1 saturated carbocycles. The molecule has 3 unspecified atom stereocenters. The maximum absolute atomic E-state index is 4.25. The molecule has 94 valence electrons. The predicted octanol–water partition coefficient (Wildman–Crippen LogP) is 3.56. The zero-order chi connectivity index (χ0) is 12.1. The van der Waals surface area contributed by atoms with Crippen molar-refractivity contribution in [2.45, 2.75) is 45.1 Å². The van der Waals surface area contributed by atoms with Gasteiger partial charge in [0, 0.05) is 18.4 Å². The summed E-state index contributed by atoms with van der Waals surface area (Å²) in [6.45, 7) is 2.32. The van der Waals surface area contributed by atoms with Gasteiger partial charge in [0.1, 0.15) is 0 Å². The van der Waals surface area contributed by atoms with Crippen molar-refractivity contribution in [3.8, 4) is 0 Å². The number of nitrogens with zero attached hydrogens (tertiary/aromatic N) is 1. The summed E-state index contributed by atoms with van der Waals surface area (Å²) >= 11 is 0. The lowest BCUT2D eigenvalue weighted by Gasteiger charge is -2.34. The van der Waals surface area contributed by atoms with Crippen molar-refractivity contribution < 1.29 is 0 Å². The van der Waals surface area contributed by atoms with Gasteiger partial charge in [-0.3, -0.25) is 4.98 Å². The highest BCUT2D eigenvalue weighted by molar-refractivity contribution is 5.15.